The van der Waals surface area contributed by atoms with Crippen molar-refractivity contribution in [1.29, 1.82) is 0 Å². The molecule has 7 heteroatoms. The van der Waals surface area contributed by atoms with Gasteiger partial charge < -0.3 is 5.32 Å². The van der Waals surface area contributed by atoms with Crippen LogP contribution in [0.3, 0.4) is 0 Å². The third-order valence-electron chi connectivity index (χ3n) is 3.31. The van der Waals surface area contributed by atoms with Gasteiger partial charge in [0.05, 0.1) is 10.9 Å². The second-order valence-electron chi connectivity index (χ2n) is 5.03. The summed E-state index contributed by atoms with van der Waals surface area (Å²) < 4.78 is 22.4. The molecule has 0 saturated carbocycles. The number of hydrogen-bond donors (Lipinski definition) is 2. The molecule has 5 nitrogen and oxygen atoms in total. The van der Waals surface area contributed by atoms with E-state index in [2.05, 4.69) is 5.32 Å². The SMILES string of the molecule is C[C@H](NC(=O)CCc1ccsc1)c1ccc(S(N)(=O)=O)cc1. The van der Waals surface area contributed by atoms with Crippen molar-refractivity contribution in [2.24, 2.45) is 5.14 Å². The van der Waals surface area contributed by atoms with Crippen LogP contribution in [-0.2, 0) is 21.2 Å². The zero-order valence-electron chi connectivity index (χ0n) is 12.2. The second kappa shape index (κ2) is 7.04. The number of benzene rings is 1. The lowest BCUT2D eigenvalue weighted by molar-refractivity contribution is -0.121. The van der Waals surface area contributed by atoms with Gasteiger partial charge >= 0.3 is 0 Å². The van der Waals surface area contributed by atoms with Crippen molar-refractivity contribution in [3.8, 4) is 0 Å². The van der Waals surface area contributed by atoms with Crippen molar-refractivity contribution >= 4 is 27.3 Å². The van der Waals surface area contributed by atoms with E-state index in [4.69, 9.17) is 5.14 Å². The van der Waals surface area contributed by atoms with E-state index in [1.807, 2.05) is 23.8 Å². The van der Waals surface area contributed by atoms with Gasteiger partial charge in [-0.15, -0.1) is 0 Å². The summed E-state index contributed by atoms with van der Waals surface area (Å²) in [6.45, 7) is 1.86. The Labute approximate surface area is 134 Å². The fraction of sp³-hybridized carbons (Fsp3) is 0.267. The maximum Gasteiger partial charge on any atom is 0.238 e. The highest BCUT2D eigenvalue weighted by Gasteiger charge is 2.12. The van der Waals surface area contributed by atoms with Crippen LogP contribution < -0.4 is 10.5 Å². The fourth-order valence-electron chi connectivity index (χ4n) is 2.04. The molecular weight excluding hydrogens is 320 g/mol. The highest BCUT2D eigenvalue weighted by molar-refractivity contribution is 7.89. The first-order valence-electron chi connectivity index (χ1n) is 6.79. The Morgan fingerprint density at radius 2 is 1.95 bits per heavy atom. The molecule has 1 amide bonds. The van der Waals surface area contributed by atoms with E-state index in [9.17, 15) is 13.2 Å². The number of sulfonamides is 1. The van der Waals surface area contributed by atoms with Crippen LogP contribution in [0.5, 0.6) is 0 Å². The fourth-order valence-corrected chi connectivity index (χ4v) is 3.25. The molecule has 0 saturated heterocycles. The Balaban J connectivity index is 1.91. The van der Waals surface area contributed by atoms with Crippen LogP contribution in [0.15, 0.2) is 46.0 Å². The van der Waals surface area contributed by atoms with Crippen LogP contribution in [0.25, 0.3) is 0 Å². The molecule has 118 valence electrons. The minimum Gasteiger partial charge on any atom is -0.350 e. The minimum atomic E-state index is -3.69. The van der Waals surface area contributed by atoms with Gasteiger partial charge in [0.2, 0.25) is 15.9 Å². The van der Waals surface area contributed by atoms with E-state index in [1.165, 1.54) is 12.1 Å². The molecule has 0 unspecified atom stereocenters. The standard InChI is InChI=1S/C15H18N2O3S2/c1-11(13-3-5-14(6-4-13)22(16,19)20)17-15(18)7-2-12-8-9-21-10-12/h3-6,8-11H,2,7H2,1H3,(H,17,18)(H2,16,19,20)/t11-/m0/s1. The van der Waals surface area contributed by atoms with Crippen molar-refractivity contribution in [2.75, 3.05) is 0 Å². The summed E-state index contributed by atoms with van der Waals surface area (Å²) >= 11 is 1.61. The van der Waals surface area contributed by atoms with Crippen LogP contribution in [0.4, 0.5) is 0 Å². The summed E-state index contributed by atoms with van der Waals surface area (Å²) in [5.41, 5.74) is 1.99. The number of thiophene rings is 1. The van der Waals surface area contributed by atoms with Gasteiger partial charge in [-0.3, -0.25) is 4.79 Å². The molecule has 0 aliphatic rings. The molecular formula is C15H18N2O3S2. The molecule has 0 fully saturated rings. The molecule has 1 aromatic carbocycles. The first kappa shape index (κ1) is 16.7. The number of nitrogens with two attached hydrogens (primary N) is 1. The summed E-state index contributed by atoms with van der Waals surface area (Å²) in [5.74, 6) is -0.0331. The Morgan fingerprint density at radius 1 is 1.27 bits per heavy atom. The van der Waals surface area contributed by atoms with Crippen molar-refractivity contribution in [3.63, 3.8) is 0 Å². The Kier molecular flexibility index (Phi) is 5.33. The summed E-state index contributed by atoms with van der Waals surface area (Å²) in [7, 11) is -3.69. The predicted molar refractivity (Wildman–Crippen MR) is 87.0 cm³/mol. The molecule has 0 aliphatic heterocycles. The van der Waals surface area contributed by atoms with Gasteiger partial charge in [0, 0.05) is 6.42 Å². The number of primary sulfonamides is 1. The first-order valence-corrected chi connectivity index (χ1v) is 9.28. The first-order chi connectivity index (χ1) is 10.4. The quantitative estimate of drug-likeness (QED) is 0.846. The Hall–Kier alpha value is -1.70. The van der Waals surface area contributed by atoms with Crippen LogP contribution >= 0.6 is 11.3 Å². The van der Waals surface area contributed by atoms with Gasteiger partial charge in [-0.1, -0.05) is 12.1 Å². The smallest absolute Gasteiger partial charge is 0.238 e. The molecule has 0 bridgehead atoms. The van der Waals surface area contributed by atoms with Gasteiger partial charge in [-0.25, -0.2) is 13.6 Å². The largest absolute Gasteiger partial charge is 0.350 e. The number of aryl methyl sites for hydroxylation is 1. The summed E-state index contributed by atoms with van der Waals surface area (Å²) in [5, 5.41) is 12.0. The maximum absolute atomic E-state index is 11.9. The minimum absolute atomic E-state index is 0.0331. The van der Waals surface area contributed by atoms with Crippen molar-refractivity contribution in [3.05, 3.63) is 52.2 Å². The molecule has 2 rings (SSSR count). The van der Waals surface area contributed by atoms with E-state index in [1.54, 1.807) is 23.5 Å². The number of amides is 1. The van der Waals surface area contributed by atoms with E-state index in [0.29, 0.717) is 12.8 Å². The lowest BCUT2D eigenvalue weighted by atomic mass is 10.1. The highest BCUT2D eigenvalue weighted by atomic mass is 32.2. The molecule has 22 heavy (non-hydrogen) atoms. The molecule has 1 heterocycles. The molecule has 3 N–H and O–H groups in total. The third-order valence-corrected chi connectivity index (χ3v) is 4.97. The third kappa shape index (κ3) is 4.66. The maximum atomic E-state index is 11.9. The van der Waals surface area contributed by atoms with Crippen LogP contribution in [-0.4, -0.2) is 14.3 Å². The van der Waals surface area contributed by atoms with Crippen LogP contribution in [0, 0.1) is 0 Å². The Morgan fingerprint density at radius 3 is 2.50 bits per heavy atom. The normalized spacial score (nSPS) is 12.8. The molecule has 1 atom stereocenters. The molecule has 0 radical (unpaired) electrons. The Bertz CT molecular complexity index is 723. The average molecular weight is 338 g/mol. The molecule has 1 aromatic heterocycles. The average Bonchev–Trinajstić information content (AvgIpc) is 2.97. The highest BCUT2D eigenvalue weighted by Crippen LogP contribution is 2.16. The van der Waals surface area contributed by atoms with Gasteiger partial charge in [0.1, 0.15) is 0 Å². The van der Waals surface area contributed by atoms with E-state index in [-0.39, 0.29) is 16.8 Å². The monoisotopic (exact) mass is 338 g/mol. The lowest BCUT2D eigenvalue weighted by Gasteiger charge is -2.14. The number of carbonyl (C=O) groups excluding carboxylic acids is 1. The topological polar surface area (TPSA) is 89.3 Å². The number of hydrogen-bond acceptors (Lipinski definition) is 4. The summed E-state index contributed by atoms with van der Waals surface area (Å²) in [6.07, 6.45) is 1.14. The van der Waals surface area contributed by atoms with Gasteiger partial charge in [0.25, 0.3) is 0 Å². The second-order valence-corrected chi connectivity index (χ2v) is 7.38. The van der Waals surface area contributed by atoms with Crippen molar-refractivity contribution in [2.45, 2.75) is 30.7 Å². The van der Waals surface area contributed by atoms with E-state index >= 15 is 0 Å². The summed E-state index contributed by atoms with van der Waals surface area (Å²) in [6, 6.07) is 8.02. The molecule has 0 spiro atoms. The van der Waals surface area contributed by atoms with Gasteiger partial charge in [-0.2, -0.15) is 11.3 Å². The zero-order valence-corrected chi connectivity index (χ0v) is 13.8. The molecule has 2 aromatic rings. The lowest BCUT2D eigenvalue weighted by Crippen LogP contribution is -2.26. The van der Waals surface area contributed by atoms with Crippen LogP contribution in [0.1, 0.15) is 30.5 Å². The van der Waals surface area contributed by atoms with E-state index in [0.717, 1.165) is 11.1 Å². The van der Waals surface area contributed by atoms with Gasteiger partial charge in [-0.05, 0) is 53.4 Å². The number of nitrogens with one attached hydrogen (secondary N) is 1. The van der Waals surface area contributed by atoms with Crippen molar-refractivity contribution < 1.29 is 13.2 Å². The van der Waals surface area contributed by atoms with E-state index < -0.39 is 10.0 Å². The van der Waals surface area contributed by atoms with Gasteiger partial charge in [0.15, 0.2) is 0 Å². The number of carbonyl (C=O) groups is 1. The number of rotatable bonds is 6. The zero-order chi connectivity index (χ0) is 16.2. The van der Waals surface area contributed by atoms with Crippen LogP contribution in [0.2, 0.25) is 0 Å². The van der Waals surface area contributed by atoms with Crippen molar-refractivity contribution in [1.82, 2.24) is 5.32 Å². The molecule has 0 aliphatic carbocycles. The summed E-state index contributed by atoms with van der Waals surface area (Å²) in [4.78, 5) is 12.0. The predicted octanol–water partition coefficient (Wildman–Crippen LogP) is 2.21.